The Hall–Kier alpha value is -0.400. The molecule has 0 saturated heterocycles. The van der Waals surface area contributed by atoms with Gasteiger partial charge in [-0.05, 0) is 0 Å². The molecule has 0 saturated carbocycles. The molecule has 0 aliphatic rings. The first-order valence-electron chi connectivity index (χ1n) is 2.35. The van der Waals surface area contributed by atoms with E-state index in [9.17, 15) is 8.78 Å². The number of halogens is 3. The standard InChI is InChI=1S/C4H3F2IN2O/c5-4(6)9-2-3(10-7)1-8-9/h1-2,4H. The van der Waals surface area contributed by atoms with E-state index in [0.29, 0.717) is 10.4 Å². The Morgan fingerprint density at radius 1 is 1.70 bits per heavy atom. The number of hydrogen-bond acceptors (Lipinski definition) is 2. The molecule has 0 N–H and O–H groups in total. The summed E-state index contributed by atoms with van der Waals surface area (Å²) < 4.78 is 28.6. The molecule has 0 aliphatic carbocycles. The van der Waals surface area contributed by atoms with Gasteiger partial charge in [-0.2, -0.15) is 13.9 Å². The molecule has 56 valence electrons. The summed E-state index contributed by atoms with van der Waals surface area (Å²) in [5.74, 6) is 0.320. The van der Waals surface area contributed by atoms with Gasteiger partial charge in [-0.25, -0.2) is 4.68 Å². The van der Waals surface area contributed by atoms with Gasteiger partial charge in [0.15, 0.2) is 28.8 Å². The van der Waals surface area contributed by atoms with Gasteiger partial charge >= 0.3 is 6.55 Å². The highest BCUT2D eigenvalue weighted by atomic mass is 127. The van der Waals surface area contributed by atoms with Crippen LogP contribution in [-0.2, 0) is 0 Å². The molecule has 0 aliphatic heterocycles. The number of aromatic nitrogens is 2. The Morgan fingerprint density at radius 2 is 2.40 bits per heavy atom. The maximum atomic E-state index is 11.8. The van der Waals surface area contributed by atoms with Gasteiger partial charge in [0.2, 0.25) is 0 Å². The van der Waals surface area contributed by atoms with Gasteiger partial charge in [-0.15, -0.1) is 0 Å². The number of alkyl halides is 2. The van der Waals surface area contributed by atoms with Gasteiger partial charge in [0, 0.05) is 0 Å². The lowest BCUT2D eigenvalue weighted by Crippen LogP contribution is -1.96. The van der Waals surface area contributed by atoms with Crippen molar-refractivity contribution in [2.24, 2.45) is 0 Å². The molecular weight excluding hydrogens is 257 g/mol. The fourth-order valence-electron chi connectivity index (χ4n) is 0.467. The molecule has 10 heavy (non-hydrogen) atoms. The van der Waals surface area contributed by atoms with E-state index in [2.05, 4.69) is 8.16 Å². The summed E-state index contributed by atoms with van der Waals surface area (Å²) in [6.45, 7) is -2.60. The van der Waals surface area contributed by atoms with Crippen molar-refractivity contribution >= 4 is 23.0 Å². The van der Waals surface area contributed by atoms with Crippen molar-refractivity contribution in [3.8, 4) is 5.75 Å². The number of hydrogen-bond donors (Lipinski definition) is 0. The van der Waals surface area contributed by atoms with Crippen LogP contribution >= 0.6 is 23.0 Å². The molecule has 0 aromatic carbocycles. The zero-order valence-corrected chi connectivity index (χ0v) is 6.83. The fraction of sp³-hybridized carbons (Fsp3) is 0.250. The minimum Gasteiger partial charge on any atom is -0.424 e. The Kier molecular flexibility index (Phi) is 2.41. The molecule has 0 fully saturated rings. The van der Waals surface area contributed by atoms with Crippen LogP contribution in [0.1, 0.15) is 6.55 Å². The van der Waals surface area contributed by atoms with Crippen LogP contribution in [0.3, 0.4) is 0 Å². The SMILES string of the molecule is FC(F)n1cc(OI)cn1. The van der Waals surface area contributed by atoms with E-state index < -0.39 is 6.55 Å². The highest BCUT2D eigenvalue weighted by molar-refractivity contribution is 14.1. The van der Waals surface area contributed by atoms with Gasteiger partial charge in [0.1, 0.15) is 0 Å². The third-order valence-electron chi connectivity index (χ3n) is 0.867. The molecule has 1 heterocycles. The average molecular weight is 260 g/mol. The van der Waals surface area contributed by atoms with E-state index in [1.54, 1.807) is 23.0 Å². The molecule has 0 spiro atoms. The molecule has 0 bridgehead atoms. The monoisotopic (exact) mass is 260 g/mol. The molecule has 0 amide bonds. The number of rotatable bonds is 2. The van der Waals surface area contributed by atoms with Crippen molar-refractivity contribution in [2.45, 2.75) is 6.55 Å². The molecule has 0 unspecified atom stereocenters. The minimum atomic E-state index is -2.60. The largest absolute Gasteiger partial charge is 0.424 e. The molecule has 3 nitrogen and oxygen atoms in total. The molecule has 0 radical (unpaired) electrons. The van der Waals surface area contributed by atoms with E-state index in [1.165, 1.54) is 6.20 Å². The van der Waals surface area contributed by atoms with E-state index in [0.717, 1.165) is 6.20 Å². The van der Waals surface area contributed by atoms with Gasteiger partial charge in [-0.1, -0.05) is 0 Å². The minimum absolute atomic E-state index is 0.320. The summed E-state index contributed by atoms with van der Waals surface area (Å²) in [6.07, 6.45) is 2.34. The van der Waals surface area contributed by atoms with Crippen LogP contribution < -0.4 is 3.07 Å². The Morgan fingerprint density at radius 3 is 2.70 bits per heavy atom. The predicted molar refractivity (Wildman–Crippen MR) is 38.1 cm³/mol. The van der Waals surface area contributed by atoms with Crippen LogP contribution in [-0.4, -0.2) is 9.78 Å². The van der Waals surface area contributed by atoms with Crippen LogP contribution in [0.15, 0.2) is 12.4 Å². The lowest BCUT2D eigenvalue weighted by molar-refractivity contribution is 0.0565. The van der Waals surface area contributed by atoms with Crippen LogP contribution in [0, 0.1) is 0 Å². The summed E-state index contributed by atoms with van der Waals surface area (Å²) in [5, 5.41) is 3.32. The first kappa shape index (κ1) is 7.70. The summed E-state index contributed by atoms with van der Waals surface area (Å²) >= 11 is 1.59. The Balaban J connectivity index is 2.78. The van der Waals surface area contributed by atoms with Gasteiger partial charge < -0.3 is 3.07 Å². The normalized spacial score (nSPS) is 10.4. The lowest BCUT2D eigenvalue weighted by Gasteiger charge is -1.94. The fourth-order valence-corrected chi connectivity index (χ4v) is 0.695. The predicted octanol–water partition coefficient (Wildman–Crippen LogP) is 2.01. The molecular formula is C4H3F2IN2O. The van der Waals surface area contributed by atoms with Crippen LogP contribution in [0.25, 0.3) is 0 Å². The lowest BCUT2D eigenvalue weighted by atomic mass is 10.7. The zero-order chi connectivity index (χ0) is 7.56. The van der Waals surface area contributed by atoms with Gasteiger partial charge in [0.25, 0.3) is 0 Å². The van der Waals surface area contributed by atoms with Crippen molar-refractivity contribution in [3.63, 3.8) is 0 Å². The molecule has 1 aromatic rings. The van der Waals surface area contributed by atoms with Crippen molar-refractivity contribution < 1.29 is 11.8 Å². The van der Waals surface area contributed by atoms with Crippen molar-refractivity contribution in [2.75, 3.05) is 0 Å². The topological polar surface area (TPSA) is 27.1 Å². The molecule has 0 atom stereocenters. The summed E-state index contributed by atoms with van der Waals surface area (Å²) in [4.78, 5) is 0. The highest BCUT2D eigenvalue weighted by Crippen LogP contribution is 2.15. The molecule has 6 heteroatoms. The first-order chi connectivity index (χ1) is 4.74. The third-order valence-corrected chi connectivity index (χ3v) is 1.38. The van der Waals surface area contributed by atoms with E-state index in [4.69, 9.17) is 0 Å². The van der Waals surface area contributed by atoms with Crippen LogP contribution in [0.5, 0.6) is 5.75 Å². The maximum Gasteiger partial charge on any atom is 0.333 e. The summed E-state index contributed by atoms with van der Waals surface area (Å²) in [6, 6.07) is 0. The van der Waals surface area contributed by atoms with Gasteiger partial charge in [0.05, 0.1) is 12.4 Å². The quantitative estimate of drug-likeness (QED) is 0.760. The van der Waals surface area contributed by atoms with Crippen LogP contribution in [0.2, 0.25) is 0 Å². The highest BCUT2D eigenvalue weighted by Gasteiger charge is 2.06. The second-order valence-corrected chi connectivity index (χ2v) is 1.95. The summed E-state index contributed by atoms with van der Waals surface area (Å²) in [5.41, 5.74) is 0. The van der Waals surface area contributed by atoms with Crippen molar-refractivity contribution in [1.29, 1.82) is 0 Å². The Bertz CT molecular complexity index is 215. The zero-order valence-electron chi connectivity index (χ0n) is 4.67. The van der Waals surface area contributed by atoms with E-state index in [1.807, 2.05) is 0 Å². The summed E-state index contributed by atoms with van der Waals surface area (Å²) in [7, 11) is 0. The average Bonchev–Trinajstić information content (AvgIpc) is 2.34. The van der Waals surface area contributed by atoms with E-state index in [-0.39, 0.29) is 0 Å². The van der Waals surface area contributed by atoms with Crippen molar-refractivity contribution in [3.05, 3.63) is 12.4 Å². The molecule has 1 rings (SSSR count). The third kappa shape index (κ3) is 1.55. The van der Waals surface area contributed by atoms with Crippen molar-refractivity contribution in [1.82, 2.24) is 9.78 Å². The number of nitrogens with zero attached hydrogens (tertiary/aromatic N) is 2. The molecule has 1 aromatic heterocycles. The van der Waals surface area contributed by atoms with E-state index >= 15 is 0 Å². The Labute approximate surface area is 69.7 Å². The first-order valence-corrected chi connectivity index (χ1v) is 3.23. The smallest absolute Gasteiger partial charge is 0.333 e. The maximum absolute atomic E-state index is 11.8. The van der Waals surface area contributed by atoms with Gasteiger partial charge in [-0.3, -0.25) is 0 Å². The second kappa shape index (κ2) is 3.13. The van der Waals surface area contributed by atoms with Crippen LogP contribution in [0.4, 0.5) is 8.78 Å². The second-order valence-electron chi connectivity index (χ2n) is 1.51.